The highest BCUT2D eigenvalue weighted by atomic mass is 16.5. The molecular weight excluding hydrogens is 254 g/mol. The third kappa shape index (κ3) is 3.93. The second-order valence-corrected chi connectivity index (χ2v) is 5.10. The molecule has 1 fully saturated rings. The van der Waals surface area contributed by atoms with Gasteiger partial charge in [-0.05, 0) is 45.0 Å². The number of anilines is 1. The molecule has 0 amide bonds. The minimum absolute atomic E-state index is 0.314. The fraction of sp³-hybridized carbons (Fsp3) is 0.600. The Labute approximate surface area is 120 Å². The van der Waals surface area contributed by atoms with Crippen molar-refractivity contribution in [1.29, 1.82) is 0 Å². The summed E-state index contributed by atoms with van der Waals surface area (Å²) in [5.41, 5.74) is 0.503. The highest BCUT2D eigenvalue weighted by Gasteiger charge is 2.13. The first-order valence-electron chi connectivity index (χ1n) is 7.27. The summed E-state index contributed by atoms with van der Waals surface area (Å²) in [6.07, 6.45) is 4.21. The van der Waals surface area contributed by atoms with E-state index in [0.29, 0.717) is 12.2 Å². The highest BCUT2D eigenvalue weighted by Crippen LogP contribution is 2.12. The third-order valence-electron chi connectivity index (χ3n) is 3.60. The van der Waals surface area contributed by atoms with Crippen LogP contribution in [0.5, 0.6) is 0 Å². The normalized spacial score (nSPS) is 15.3. The molecule has 0 saturated carbocycles. The van der Waals surface area contributed by atoms with Gasteiger partial charge in [0.1, 0.15) is 5.82 Å². The standard InChI is InChI=1S/C15H23N3O2/c1-3-20-15(19)13-6-7-14(16-12-13)17(2)10-11-18-8-4-5-9-18/h6-7,12H,3-5,8-11H2,1-2H3. The van der Waals surface area contributed by atoms with Gasteiger partial charge in [-0.1, -0.05) is 0 Å². The number of carbonyl (C=O) groups excluding carboxylic acids is 1. The second kappa shape index (κ2) is 7.24. The van der Waals surface area contributed by atoms with Crippen LogP contribution in [0.25, 0.3) is 0 Å². The Morgan fingerprint density at radius 3 is 2.75 bits per heavy atom. The van der Waals surface area contributed by atoms with E-state index in [1.54, 1.807) is 19.2 Å². The molecule has 0 bridgehead atoms. The molecule has 0 radical (unpaired) electrons. The van der Waals surface area contributed by atoms with Crippen LogP contribution in [-0.4, -0.2) is 55.7 Å². The lowest BCUT2D eigenvalue weighted by atomic mass is 10.3. The van der Waals surface area contributed by atoms with Gasteiger partial charge in [0.25, 0.3) is 0 Å². The van der Waals surface area contributed by atoms with Crippen LogP contribution in [0.2, 0.25) is 0 Å². The first kappa shape index (κ1) is 14.8. The first-order chi connectivity index (χ1) is 9.70. The number of aromatic nitrogens is 1. The van der Waals surface area contributed by atoms with Crippen LogP contribution in [0, 0.1) is 0 Å². The van der Waals surface area contributed by atoms with E-state index in [1.807, 2.05) is 13.1 Å². The maximum Gasteiger partial charge on any atom is 0.339 e. The third-order valence-corrected chi connectivity index (χ3v) is 3.60. The molecule has 0 unspecified atom stereocenters. The lowest BCUT2D eigenvalue weighted by molar-refractivity contribution is 0.0526. The van der Waals surface area contributed by atoms with Crippen molar-refractivity contribution < 1.29 is 9.53 Å². The van der Waals surface area contributed by atoms with Gasteiger partial charge in [0.05, 0.1) is 12.2 Å². The molecule has 5 nitrogen and oxygen atoms in total. The number of ether oxygens (including phenoxy) is 1. The van der Waals surface area contributed by atoms with Crippen LogP contribution in [0.4, 0.5) is 5.82 Å². The molecule has 20 heavy (non-hydrogen) atoms. The zero-order chi connectivity index (χ0) is 14.4. The number of esters is 1. The predicted molar refractivity (Wildman–Crippen MR) is 79.1 cm³/mol. The number of pyridine rings is 1. The summed E-state index contributed by atoms with van der Waals surface area (Å²) in [6, 6.07) is 3.64. The molecule has 0 atom stereocenters. The van der Waals surface area contributed by atoms with Crippen LogP contribution < -0.4 is 4.90 Å². The molecule has 1 aliphatic rings. The zero-order valence-electron chi connectivity index (χ0n) is 12.3. The van der Waals surface area contributed by atoms with Gasteiger partial charge in [-0.25, -0.2) is 9.78 Å². The molecule has 1 aliphatic heterocycles. The fourth-order valence-electron chi connectivity index (χ4n) is 2.36. The van der Waals surface area contributed by atoms with E-state index in [-0.39, 0.29) is 5.97 Å². The summed E-state index contributed by atoms with van der Waals surface area (Å²) in [7, 11) is 2.03. The average molecular weight is 277 g/mol. The van der Waals surface area contributed by atoms with E-state index in [0.717, 1.165) is 18.9 Å². The summed E-state index contributed by atoms with van der Waals surface area (Å²) in [4.78, 5) is 20.5. The quantitative estimate of drug-likeness (QED) is 0.742. The van der Waals surface area contributed by atoms with E-state index in [9.17, 15) is 4.79 Å². The lowest BCUT2D eigenvalue weighted by Crippen LogP contribution is -2.31. The topological polar surface area (TPSA) is 45.7 Å². The second-order valence-electron chi connectivity index (χ2n) is 5.10. The van der Waals surface area contributed by atoms with E-state index in [4.69, 9.17) is 4.74 Å². The predicted octanol–water partition coefficient (Wildman–Crippen LogP) is 1.79. The van der Waals surface area contributed by atoms with Crippen LogP contribution in [0.15, 0.2) is 18.3 Å². The zero-order valence-corrected chi connectivity index (χ0v) is 12.3. The number of likely N-dealkylation sites (tertiary alicyclic amines) is 1. The lowest BCUT2D eigenvalue weighted by Gasteiger charge is -2.22. The molecule has 0 aromatic carbocycles. The van der Waals surface area contributed by atoms with Crippen LogP contribution in [-0.2, 0) is 4.74 Å². The number of hydrogen-bond donors (Lipinski definition) is 0. The van der Waals surface area contributed by atoms with E-state index < -0.39 is 0 Å². The van der Waals surface area contributed by atoms with Crippen molar-refractivity contribution in [3.8, 4) is 0 Å². The SMILES string of the molecule is CCOC(=O)c1ccc(N(C)CCN2CCCC2)nc1. The molecule has 2 heterocycles. The molecule has 0 N–H and O–H groups in total. The van der Waals surface area contributed by atoms with Crippen molar-refractivity contribution in [3.05, 3.63) is 23.9 Å². The number of hydrogen-bond acceptors (Lipinski definition) is 5. The molecule has 1 aromatic rings. The molecule has 2 rings (SSSR count). The minimum atomic E-state index is -0.314. The summed E-state index contributed by atoms with van der Waals surface area (Å²) in [5.74, 6) is 0.573. The Morgan fingerprint density at radius 2 is 2.15 bits per heavy atom. The molecular formula is C15H23N3O2. The van der Waals surface area contributed by atoms with Gasteiger partial charge in [-0.2, -0.15) is 0 Å². The molecule has 0 spiro atoms. The summed E-state index contributed by atoms with van der Waals surface area (Å²) >= 11 is 0. The van der Waals surface area contributed by atoms with E-state index >= 15 is 0 Å². The maximum atomic E-state index is 11.5. The largest absolute Gasteiger partial charge is 0.462 e. The maximum absolute atomic E-state index is 11.5. The minimum Gasteiger partial charge on any atom is -0.462 e. The Hall–Kier alpha value is -1.62. The Kier molecular flexibility index (Phi) is 5.35. The van der Waals surface area contributed by atoms with Gasteiger partial charge >= 0.3 is 5.97 Å². The number of likely N-dealkylation sites (N-methyl/N-ethyl adjacent to an activating group) is 1. The van der Waals surface area contributed by atoms with Crippen molar-refractivity contribution in [2.75, 3.05) is 44.7 Å². The number of rotatable bonds is 6. The monoisotopic (exact) mass is 277 g/mol. The molecule has 1 aromatic heterocycles. The summed E-state index contributed by atoms with van der Waals surface area (Å²) in [5, 5.41) is 0. The van der Waals surface area contributed by atoms with Gasteiger partial charge in [0.15, 0.2) is 0 Å². The Bertz CT molecular complexity index is 427. The van der Waals surface area contributed by atoms with Crippen LogP contribution >= 0.6 is 0 Å². The summed E-state index contributed by atoms with van der Waals surface area (Å²) in [6.45, 7) is 6.62. The smallest absolute Gasteiger partial charge is 0.339 e. The van der Waals surface area contributed by atoms with Crippen molar-refractivity contribution in [1.82, 2.24) is 9.88 Å². The Balaban J connectivity index is 1.86. The molecule has 110 valence electrons. The van der Waals surface area contributed by atoms with Crippen molar-refractivity contribution in [2.45, 2.75) is 19.8 Å². The van der Waals surface area contributed by atoms with Crippen LogP contribution in [0.1, 0.15) is 30.1 Å². The van der Waals surface area contributed by atoms with Gasteiger partial charge in [0.2, 0.25) is 0 Å². The van der Waals surface area contributed by atoms with E-state index in [1.165, 1.54) is 25.9 Å². The van der Waals surface area contributed by atoms with Crippen molar-refractivity contribution in [3.63, 3.8) is 0 Å². The van der Waals surface area contributed by atoms with Crippen LogP contribution in [0.3, 0.4) is 0 Å². The van der Waals surface area contributed by atoms with E-state index in [2.05, 4.69) is 14.8 Å². The number of nitrogens with zero attached hydrogens (tertiary/aromatic N) is 3. The summed E-state index contributed by atoms with van der Waals surface area (Å²) < 4.78 is 4.94. The van der Waals surface area contributed by atoms with Gasteiger partial charge in [-0.3, -0.25) is 0 Å². The molecule has 0 aliphatic carbocycles. The van der Waals surface area contributed by atoms with Crippen molar-refractivity contribution in [2.24, 2.45) is 0 Å². The van der Waals surface area contributed by atoms with Crippen molar-refractivity contribution >= 4 is 11.8 Å². The highest BCUT2D eigenvalue weighted by molar-refractivity contribution is 5.89. The van der Waals surface area contributed by atoms with Gasteiger partial charge in [0, 0.05) is 26.3 Å². The number of carbonyl (C=O) groups is 1. The Morgan fingerprint density at radius 1 is 1.40 bits per heavy atom. The van der Waals surface area contributed by atoms with Gasteiger partial charge in [-0.15, -0.1) is 0 Å². The van der Waals surface area contributed by atoms with Gasteiger partial charge < -0.3 is 14.5 Å². The molecule has 5 heteroatoms. The molecule has 1 saturated heterocycles. The fourth-order valence-corrected chi connectivity index (χ4v) is 2.36. The first-order valence-corrected chi connectivity index (χ1v) is 7.27. The average Bonchev–Trinajstić information content (AvgIpc) is 2.98.